The van der Waals surface area contributed by atoms with E-state index >= 15 is 0 Å². The van der Waals surface area contributed by atoms with Crippen molar-refractivity contribution >= 4 is 29.5 Å². The van der Waals surface area contributed by atoms with Gasteiger partial charge < -0.3 is 29.7 Å². The molecule has 2 aromatic carbocycles. The molecule has 2 N–H and O–H groups in total. The lowest BCUT2D eigenvalue weighted by molar-refractivity contribution is -0.125. The molecule has 3 amide bonds. The van der Waals surface area contributed by atoms with Crippen molar-refractivity contribution in [3.05, 3.63) is 71.5 Å². The van der Waals surface area contributed by atoms with Crippen LogP contribution >= 0.6 is 11.8 Å². The fourth-order valence-electron chi connectivity index (χ4n) is 4.90. The van der Waals surface area contributed by atoms with Gasteiger partial charge in [-0.15, -0.1) is 0 Å². The van der Waals surface area contributed by atoms with Crippen molar-refractivity contribution in [3.63, 3.8) is 0 Å². The smallest absolute Gasteiger partial charge is 0.258 e. The Morgan fingerprint density at radius 2 is 1.81 bits per heavy atom. The molecule has 1 aromatic heterocycles. The number of nitrogens with one attached hydrogen (secondary N) is 2. The van der Waals surface area contributed by atoms with Crippen LogP contribution in [0.15, 0.2) is 60.0 Å². The highest BCUT2D eigenvalue weighted by Gasteiger charge is 2.35. The Morgan fingerprint density at radius 1 is 1.05 bits per heavy atom. The molecule has 8 rings (SSSR count). The maximum absolute atomic E-state index is 13.3. The third-order valence-electron chi connectivity index (χ3n) is 7.17. The summed E-state index contributed by atoms with van der Waals surface area (Å²) >= 11 is 1.40. The van der Waals surface area contributed by atoms with E-state index in [0.29, 0.717) is 60.3 Å². The molecule has 5 aliphatic heterocycles. The van der Waals surface area contributed by atoms with Crippen molar-refractivity contribution in [3.8, 4) is 17.2 Å². The lowest BCUT2D eigenvalue weighted by Gasteiger charge is -2.38. The van der Waals surface area contributed by atoms with E-state index in [9.17, 15) is 14.4 Å². The fraction of sp³-hybridized carbons (Fsp3) is 0.367. The molecule has 5 aliphatic rings. The summed E-state index contributed by atoms with van der Waals surface area (Å²) in [4.78, 5) is 48.9. The largest absolute Gasteiger partial charge is 0.493 e. The Balaban J connectivity index is 1.36. The molecule has 1 fully saturated rings. The minimum absolute atomic E-state index is 0.0587. The van der Waals surface area contributed by atoms with E-state index in [4.69, 9.17) is 14.2 Å². The number of amides is 3. The second kappa shape index (κ2) is 13.6. The number of carbonyl (C=O) groups excluding carboxylic acids is 3. The molecule has 0 spiro atoms. The molecule has 11 nitrogen and oxygen atoms in total. The number of methoxy groups -OCH3 is 1. The summed E-state index contributed by atoms with van der Waals surface area (Å²) in [6.07, 6.45) is 5.87. The number of rotatable bonds is 3. The van der Waals surface area contributed by atoms with Gasteiger partial charge >= 0.3 is 0 Å². The van der Waals surface area contributed by atoms with E-state index < -0.39 is 12.1 Å². The van der Waals surface area contributed by atoms with Crippen molar-refractivity contribution in [1.29, 1.82) is 0 Å². The number of aryl methyl sites for hydroxylation is 1. The van der Waals surface area contributed by atoms with E-state index in [1.165, 1.54) is 31.3 Å². The zero-order valence-corrected chi connectivity index (χ0v) is 24.3. The zero-order valence-electron chi connectivity index (χ0n) is 23.5. The van der Waals surface area contributed by atoms with Crippen LogP contribution in [0.5, 0.6) is 17.2 Å². The number of piperidine rings is 1. The van der Waals surface area contributed by atoms with Crippen LogP contribution in [-0.4, -0.2) is 77.8 Å². The molecule has 42 heavy (non-hydrogen) atoms. The fourth-order valence-corrected chi connectivity index (χ4v) is 5.21. The summed E-state index contributed by atoms with van der Waals surface area (Å²) in [7, 11) is 1.53. The van der Waals surface area contributed by atoms with Gasteiger partial charge in [0.2, 0.25) is 5.91 Å². The van der Waals surface area contributed by atoms with Crippen LogP contribution in [0.4, 0.5) is 0 Å². The van der Waals surface area contributed by atoms with Crippen LogP contribution in [0.25, 0.3) is 0 Å². The quantitative estimate of drug-likeness (QED) is 0.349. The average Bonchev–Trinajstić information content (AvgIpc) is 3.02. The first-order valence-corrected chi connectivity index (χ1v) is 14.9. The second-order valence-corrected chi connectivity index (χ2v) is 10.8. The van der Waals surface area contributed by atoms with Crippen molar-refractivity contribution in [2.24, 2.45) is 0 Å². The van der Waals surface area contributed by atoms with Crippen molar-refractivity contribution in [1.82, 2.24) is 25.5 Å². The van der Waals surface area contributed by atoms with Crippen LogP contribution < -0.4 is 24.8 Å². The lowest BCUT2D eigenvalue weighted by Crippen LogP contribution is -2.58. The number of ether oxygens (including phenoxy) is 3. The molecule has 220 valence electrons. The minimum atomic E-state index is -0.501. The number of nitrogens with zero attached hydrogens (tertiary/aromatic N) is 3. The van der Waals surface area contributed by atoms with E-state index in [-0.39, 0.29) is 30.9 Å². The van der Waals surface area contributed by atoms with Crippen LogP contribution in [0.1, 0.15) is 34.3 Å². The van der Waals surface area contributed by atoms with Crippen molar-refractivity contribution in [2.45, 2.75) is 43.1 Å². The molecular weight excluding hydrogens is 558 g/mol. The van der Waals surface area contributed by atoms with Crippen LogP contribution in [0.2, 0.25) is 0 Å². The Labute approximate surface area is 248 Å². The summed E-state index contributed by atoms with van der Waals surface area (Å²) < 4.78 is 17.6. The normalized spacial score (nSPS) is 19.5. The zero-order chi connectivity index (χ0) is 29.5. The lowest BCUT2D eigenvalue weighted by atomic mass is 10.0. The Bertz CT molecular complexity index is 1420. The molecule has 4 bridgehead atoms. The number of thioether (sulfide) groups is 1. The summed E-state index contributed by atoms with van der Waals surface area (Å²) in [5.74, 6) is 0.885. The minimum Gasteiger partial charge on any atom is -0.493 e. The van der Waals surface area contributed by atoms with Gasteiger partial charge in [0, 0.05) is 44.9 Å². The highest BCUT2D eigenvalue weighted by Crippen LogP contribution is 2.29. The molecule has 3 aromatic rings. The van der Waals surface area contributed by atoms with Gasteiger partial charge in [-0.25, -0.2) is 9.97 Å². The standard InChI is InChI=1S/C30H33N5O6S/c1-39-26-13-19-5-9-25(26)40-18-28(37)34-23-17-35(29(38)21-15-32-30(42-2)33-16-21)12-11-24(23)41-22-7-3-20(4-8-22)14-31-27(36)10-6-19/h3-5,7-9,13,15-16,23-24H,6,10-12,14,17-18H2,1-2H3,(H,31,36)(H,34,37)/t23-,24-/m1/s1. The molecule has 2 atom stereocenters. The van der Waals surface area contributed by atoms with Gasteiger partial charge in [-0.3, -0.25) is 14.4 Å². The van der Waals surface area contributed by atoms with Gasteiger partial charge in [-0.05, 0) is 48.1 Å². The van der Waals surface area contributed by atoms with E-state index in [1.807, 2.05) is 42.7 Å². The van der Waals surface area contributed by atoms with Crippen LogP contribution in [0.3, 0.4) is 0 Å². The number of benzene rings is 2. The Morgan fingerprint density at radius 3 is 2.55 bits per heavy atom. The van der Waals surface area contributed by atoms with Gasteiger partial charge in [-0.1, -0.05) is 30.0 Å². The second-order valence-electron chi connectivity index (χ2n) is 10.0. The topological polar surface area (TPSA) is 132 Å². The van der Waals surface area contributed by atoms with Crippen LogP contribution in [0, 0.1) is 0 Å². The summed E-state index contributed by atoms with van der Waals surface area (Å²) in [6.45, 7) is 0.815. The van der Waals surface area contributed by atoms with Crippen molar-refractivity contribution < 1.29 is 28.6 Å². The third kappa shape index (κ3) is 7.30. The number of likely N-dealkylation sites (tertiary alicyclic amines) is 1. The number of hydrogen-bond acceptors (Lipinski definition) is 9. The van der Waals surface area contributed by atoms with E-state index in [1.54, 1.807) is 11.0 Å². The molecule has 0 saturated carbocycles. The summed E-state index contributed by atoms with van der Waals surface area (Å²) in [5.41, 5.74) is 2.23. The number of hydrogen-bond donors (Lipinski definition) is 2. The number of aromatic nitrogens is 2. The average molecular weight is 592 g/mol. The Hall–Kier alpha value is -4.32. The molecule has 6 heterocycles. The molecule has 0 aliphatic carbocycles. The molecule has 12 heteroatoms. The van der Waals surface area contributed by atoms with Gasteiger partial charge in [0.05, 0.1) is 18.7 Å². The van der Waals surface area contributed by atoms with Gasteiger partial charge in [0.25, 0.3) is 11.8 Å². The SMILES string of the molecule is COc1cc2ccc1OCC(=O)N[C@@H]1CN(C(=O)c3cnc(SC)nc3)CC[C@H]1Oc1ccc(cc1)CNC(=O)CC2. The maximum Gasteiger partial charge on any atom is 0.258 e. The van der Waals surface area contributed by atoms with Crippen molar-refractivity contribution in [2.75, 3.05) is 33.1 Å². The monoisotopic (exact) mass is 591 g/mol. The van der Waals surface area contributed by atoms with E-state index in [2.05, 4.69) is 20.6 Å². The molecule has 0 unspecified atom stereocenters. The van der Waals surface area contributed by atoms with Gasteiger partial charge in [-0.2, -0.15) is 0 Å². The maximum atomic E-state index is 13.3. The first-order valence-electron chi connectivity index (χ1n) is 13.7. The summed E-state index contributed by atoms with van der Waals surface area (Å²) in [5, 5.41) is 6.55. The molecular formula is C30H33N5O6S. The van der Waals surface area contributed by atoms with Gasteiger partial charge in [0.1, 0.15) is 11.9 Å². The summed E-state index contributed by atoms with van der Waals surface area (Å²) in [6, 6.07) is 12.4. The molecule has 0 radical (unpaired) electrons. The van der Waals surface area contributed by atoms with Crippen LogP contribution in [-0.2, 0) is 22.6 Å². The first-order chi connectivity index (χ1) is 20.4. The number of carbonyl (C=O) groups is 3. The predicted octanol–water partition coefficient (Wildman–Crippen LogP) is 2.63. The molecule has 1 saturated heterocycles. The third-order valence-corrected chi connectivity index (χ3v) is 7.74. The highest BCUT2D eigenvalue weighted by molar-refractivity contribution is 7.98. The first kappa shape index (κ1) is 29.2. The predicted molar refractivity (Wildman–Crippen MR) is 156 cm³/mol. The Kier molecular flexibility index (Phi) is 9.42. The van der Waals surface area contributed by atoms with E-state index in [0.717, 1.165) is 11.1 Å². The highest BCUT2D eigenvalue weighted by atomic mass is 32.2. The van der Waals surface area contributed by atoms with Gasteiger partial charge in [0.15, 0.2) is 23.3 Å².